The maximum absolute atomic E-state index is 13.4. The zero-order valence-electron chi connectivity index (χ0n) is 22.7. The van der Waals surface area contributed by atoms with Gasteiger partial charge in [0.1, 0.15) is 5.57 Å². The van der Waals surface area contributed by atoms with E-state index in [1.165, 1.54) is 25.3 Å². The fraction of sp³-hybridized carbons (Fsp3) is 0.138. The lowest BCUT2D eigenvalue weighted by Crippen LogP contribution is -2.54. The van der Waals surface area contributed by atoms with Crippen LogP contribution in [0.4, 0.5) is 21.9 Å². The van der Waals surface area contributed by atoms with Gasteiger partial charge in [-0.15, -0.1) is 6.58 Å². The maximum atomic E-state index is 13.4. The molecular formula is C29H24N4O9. The molecule has 1 fully saturated rings. The number of benzene rings is 3. The molecule has 4 amide bonds. The summed E-state index contributed by atoms with van der Waals surface area (Å²) in [5, 5.41) is 24.9. The molecule has 0 unspecified atom stereocenters. The zero-order chi connectivity index (χ0) is 30.7. The predicted octanol–water partition coefficient (Wildman–Crippen LogP) is 5.32. The van der Waals surface area contributed by atoms with Crippen LogP contribution >= 0.6 is 0 Å². The number of allylic oxidation sites excluding steroid dienone is 1. The first-order valence-electron chi connectivity index (χ1n) is 12.4. The number of ether oxygens (including phenoxy) is 2. The van der Waals surface area contributed by atoms with Crippen molar-refractivity contribution < 1.29 is 33.7 Å². The molecule has 1 aliphatic rings. The predicted molar refractivity (Wildman–Crippen MR) is 152 cm³/mol. The van der Waals surface area contributed by atoms with Crippen LogP contribution in [0.2, 0.25) is 0 Å². The van der Waals surface area contributed by atoms with Crippen LogP contribution in [0.5, 0.6) is 17.2 Å². The Morgan fingerprint density at radius 2 is 1.69 bits per heavy atom. The molecule has 1 heterocycles. The Balaban J connectivity index is 1.78. The molecule has 1 aliphatic heterocycles. The normalized spacial score (nSPS) is 14.0. The summed E-state index contributed by atoms with van der Waals surface area (Å²) >= 11 is 0. The Hall–Kier alpha value is -5.85. The molecule has 13 heteroatoms. The molecule has 3 aromatic rings. The van der Waals surface area contributed by atoms with Crippen LogP contribution in [0.1, 0.15) is 22.3 Å². The monoisotopic (exact) mass is 572 g/mol. The number of nitro groups is 2. The van der Waals surface area contributed by atoms with E-state index in [4.69, 9.17) is 9.47 Å². The minimum atomic E-state index is -0.892. The summed E-state index contributed by atoms with van der Waals surface area (Å²) in [6.07, 6.45) is 2.99. The summed E-state index contributed by atoms with van der Waals surface area (Å²) in [6, 6.07) is 10.1. The summed E-state index contributed by atoms with van der Waals surface area (Å²) in [7, 11) is 1.32. The van der Waals surface area contributed by atoms with Gasteiger partial charge in [-0.05, 0) is 73.4 Å². The average molecular weight is 573 g/mol. The largest absolute Gasteiger partial charge is 0.493 e. The van der Waals surface area contributed by atoms with Crippen molar-refractivity contribution in [2.45, 2.75) is 20.3 Å². The third-order valence-corrected chi connectivity index (χ3v) is 6.46. The van der Waals surface area contributed by atoms with E-state index in [2.05, 4.69) is 11.9 Å². The number of hydrogen-bond acceptors (Lipinski definition) is 9. The van der Waals surface area contributed by atoms with E-state index in [0.717, 1.165) is 34.2 Å². The average Bonchev–Trinajstić information content (AvgIpc) is 2.94. The lowest BCUT2D eigenvalue weighted by atomic mass is 10.0. The van der Waals surface area contributed by atoms with Crippen LogP contribution in [0.3, 0.4) is 0 Å². The summed E-state index contributed by atoms with van der Waals surface area (Å²) in [5.41, 5.74) is 1.38. The van der Waals surface area contributed by atoms with E-state index in [9.17, 15) is 34.6 Å². The van der Waals surface area contributed by atoms with Crippen molar-refractivity contribution in [2.75, 3.05) is 12.0 Å². The molecule has 0 bridgehead atoms. The highest BCUT2D eigenvalue weighted by Crippen LogP contribution is 2.41. The van der Waals surface area contributed by atoms with E-state index in [0.29, 0.717) is 11.1 Å². The molecule has 13 nitrogen and oxygen atoms in total. The SMILES string of the molecule is C=CCc1cc(/C=C2\C(=O)NC(=O)N(c3ccc(C)c(C)c3)C2=O)cc(OC)c1Oc1ccc([N+](=O)[O-])cc1[N+](=O)[O-]. The van der Waals surface area contributed by atoms with Crippen molar-refractivity contribution in [1.82, 2.24) is 5.32 Å². The van der Waals surface area contributed by atoms with Crippen molar-refractivity contribution in [1.29, 1.82) is 0 Å². The number of nitrogens with zero attached hydrogens (tertiary/aromatic N) is 3. The molecule has 3 aromatic carbocycles. The minimum Gasteiger partial charge on any atom is -0.493 e. The number of rotatable bonds is 9. The number of anilines is 1. The molecule has 4 rings (SSSR count). The van der Waals surface area contributed by atoms with E-state index < -0.39 is 39.1 Å². The van der Waals surface area contributed by atoms with E-state index >= 15 is 0 Å². The van der Waals surface area contributed by atoms with Crippen LogP contribution in [0.15, 0.2) is 66.8 Å². The molecular weight excluding hydrogens is 548 g/mol. The smallest absolute Gasteiger partial charge is 0.335 e. The minimum absolute atomic E-state index is 0.0582. The number of imide groups is 2. The standard InChI is InChI=1S/C29H24N4O9/c1-5-6-19-12-18(13-22-27(34)30-29(36)31(28(22)35)20-8-7-16(2)17(3)11-20)14-25(41-4)26(19)42-24-10-9-21(32(37)38)15-23(24)33(39)40/h5,7-15H,1,6H2,2-4H3,(H,30,34,36)/b22-13+. The van der Waals surface area contributed by atoms with Gasteiger partial charge in [-0.2, -0.15) is 0 Å². The summed E-state index contributed by atoms with van der Waals surface area (Å²) in [6.45, 7) is 7.42. The molecule has 0 saturated carbocycles. The maximum Gasteiger partial charge on any atom is 0.335 e. The van der Waals surface area contributed by atoms with Crippen LogP contribution in [-0.2, 0) is 16.0 Å². The molecule has 1 N–H and O–H groups in total. The number of carbonyl (C=O) groups is 3. The number of urea groups is 1. The second-order valence-corrected chi connectivity index (χ2v) is 9.20. The van der Waals surface area contributed by atoms with Crippen molar-refractivity contribution in [3.05, 3.63) is 109 Å². The van der Waals surface area contributed by atoms with Gasteiger partial charge in [0.25, 0.3) is 17.5 Å². The summed E-state index contributed by atoms with van der Waals surface area (Å²) in [5.74, 6) is -1.86. The van der Waals surface area contributed by atoms with Gasteiger partial charge in [0.05, 0.1) is 28.7 Å². The van der Waals surface area contributed by atoms with Crippen molar-refractivity contribution in [3.63, 3.8) is 0 Å². The molecule has 214 valence electrons. The first-order valence-corrected chi connectivity index (χ1v) is 12.4. The van der Waals surface area contributed by atoms with Crippen LogP contribution in [-0.4, -0.2) is 34.8 Å². The second-order valence-electron chi connectivity index (χ2n) is 9.20. The van der Waals surface area contributed by atoms with Crippen LogP contribution < -0.4 is 19.7 Å². The number of barbiturate groups is 1. The van der Waals surface area contributed by atoms with E-state index in [-0.39, 0.29) is 34.9 Å². The highest BCUT2D eigenvalue weighted by Gasteiger charge is 2.37. The molecule has 0 radical (unpaired) electrons. The van der Waals surface area contributed by atoms with E-state index in [1.807, 2.05) is 13.8 Å². The van der Waals surface area contributed by atoms with Crippen LogP contribution in [0, 0.1) is 34.1 Å². The number of carbonyl (C=O) groups excluding carboxylic acids is 3. The number of nitrogens with one attached hydrogen (secondary N) is 1. The second kappa shape index (κ2) is 11.7. The number of aryl methyl sites for hydroxylation is 2. The van der Waals surface area contributed by atoms with Gasteiger partial charge < -0.3 is 9.47 Å². The fourth-order valence-corrected chi connectivity index (χ4v) is 4.22. The molecule has 1 saturated heterocycles. The van der Waals surface area contributed by atoms with Gasteiger partial charge in [0.2, 0.25) is 5.75 Å². The van der Waals surface area contributed by atoms with Gasteiger partial charge in [0, 0.05) is 11.6 Å². The first-order chi connectivity index (χ1) is 19.9. The molecule has 0 aromatic heterocycles. The Morgan fingerprint density at radius 1 is 0.952 bits per heavy atom. The van der Waals surface area contributed by atoms with Crippen LogP contribution in [0.25, 0.3) is 6.08 Å². The van der Waals surface area contributed by atoms with Gasteiger partial charge >= 0.3 is 11.7 Å². The highest BCUT2D eigenvalue weighted by molar-refractivity contribution is 6.39. The summed E-state index contributed by atoms with van der Waals surface area (Å²) < 4.78 is 11.3. The van der Waals surface area contributed by atoms with Crippen molar-refractivity contribution >= 4 is 41.0 Å². The van der Waals surface area contributed by atoms with Gasteiger partial charge in [0.15, 0.2) is 11.5 Å². The lowest BCUT2D eigenvalue weighted by Gasteiger charge is -2.27. The third-order valence-electron chi connectivity index (χ3n) is 6.46. The molecule has 0 aliphatic carbocycles. The Labute approximate surface area is 239 Å². The number of hydrogen-bond donors (Lipinski definition) is 1. The number of nitro benzene ring substituents is 2. The van der Waals surface area contributed by atoms with Gasteiger partial charge in [-0.25, -0.2) is 9.69 Å². The Morgan fingerprint density at radius 3 is 2.31 bits per heavy atom. The Bertz CT molecular complexity index is 1710. The summed E-state index contributed by atoms with van der Waals surface area (Å²) in [4.78, 5) is 60.8. The number of non-ortho nitro benzene ring substituents is 1. The number of methoxy groups -OCH3 is 1. The highest BCUT2D eigenvalue weighted by atomic mass is 16.6. The molecule has 0 atom stereocenters. The van der Waals surface area contributed by atoms with Gasteiger partial charge in [-0.1, -0.05) is 12.1 Å². The first kappa shape index (κ1) is 29.1. The quantitative estimate of drug-likeness (QED) is 0.117. The molecule has 42 heavy (non-hydrogen) atoms. The van der Waals surface area contributed by atoms with Crippen molar-refractivity contribution in [3.8, 4) is 17.2 Å². The fourth-order valence-electron chi connectivity index (χ4n) is 4.22. The topological polar surface area (TPSA) is 171 Å². The zero-order valence-corrected chi connectivity index (χ0v) is 22.7. The lowest BCUT2D eigenvalue weighted by molar-refractivity contribution is -0.394. The molecule has 0 spiro atoms. The Kier molecular flexibility index (Phi) is 8.13. The van der Waals surface area contributed by atoms with Gasteiger partial charge in [-0.3, -0.25) is 35.1 Å². The number of amides is 4. The third kappa shape index (κ3) is 5.70. The van der Waals surface area contributed by atoms with E-state index in [1.54, 1.807) is 24.3 Å². The van der Waals surface area contributed by atoms with Crippen molar-refractivity contribution in [2.24, 2.45) is 0 Å².